The van der Waals surface area contributed by atoms with Gasteiger partial charge in [0.15, 0.2) is 0 Å². The molecule has 1 heterocycles. The summed E-state index contributed by atoms with van der Waals surface area (Å²) in [5.41, 5.74) is 0.478. The Labute approximate surface area is 110 Å². The molecule has 2 heteroatoms. The monoisotopic (exact) mass is 251 g/mol. The van der Waals surface area contributed by atoms with E-state index in [0.717, 1.165) is 12.5 Å². The number of nitrogens with one attached hydrogen (secondary N) is 1. The third-order valence-corrected chi connectivity index (χ3v) is 5.22. The standard InChI is InChI=1S/C15H25NS/c1-4-13-8-9-14(17-13)10-15(3,11-16-5-2)12-6-7-12/h8-9,12,16H,4-7,10-11H2,1-3H3. The van der Waals surface area contributed by atoms with Gasteiger partial charge in [0, 0.05) is 16.3 Å². The van der Waals surface area contributed by atoms with Crippen LogP contribution >= 0.6 is 11.3 Å². The average molecular weight is 251 g/mol. The summed E-state index contributed by atoms with van der Waals surface area (Å²) in [4.78, 5) is 3.11. The Morgan fingerprint density at radius 3 is 2.53 bits per heavy atom. The molecule has 1 aromatic rings. The van der Waals surface area contributed by atoms with Gasteiger partial charge in [-0.1, -0.05) is 20.8 Å². The van der Waals surface area contributed by atoms with Crippen LogP contribution in [0.15, 0.2) is 12.1 Å². The Morgan fingerprint density at radius 1 is 1.29 bits per heavy atom. The SMILES string of the molecule is CCNCC(C)(Cc1ccc(CC)s1)C1CC1. The highest BCUT2D eigenvalue weighted by molar-refractivity contribution is 7.11. The fourth-order valence-electron chi connectivity index (χ4n) is 2.65. The first-order valence-electron chi connectivity index (χ1n) is 6.96. The van der Waals surface area contributed by atoms with E-state index >= 15 is 0 Å². The van der Waals surface area contributed by atoms with Crippen LogP contribution in [0.25, 0.3) is 0 Å². The molecule has 1 aromatic heterocycles. The fourth-order valence-corrected chi connectivity index (χ4v) is 3.80. The predicted molar refractivity (Wildman–Crippen MR) is 76.8 cm³/mol. The quantitative estimate of drug-likeness (QED) is 0.775. The molecule has 1 saturated carbocycles. The Kier molecular flexibility index (Phi) is 4.26. The molecule has 0 radical (unpaired) electrons. The zero-order valence-electron chi connectivity index (χ0n) is 11.4. The maximum atomic E-state index is 3.56. The first kappa shape index (κ1) is 13.1. The summed E-state index contributed by atoms with van der Waals surface area (Å²) in [6.07, 6.45) is 5.31. The molecular formula is C15H25NS. The highest BCUT2D eigenvalue weighted by atomic mass is 32.1. The van der Waals surface area contributed by atoms with Crippen LogP contribution in [0.2, 0.25) is 0 Å². The molecule has 2 rings (SSSR count). The third-order valence-electron chi connectivity index (χ3n) is 3.99. The highest BCUT2D eigenvalue weighted by Gasteiger charge is 2.41. The Balaban J connectivity index is 2.01. The van der Waals surface area contributed by atoms with Crippen molar-refractivity contribution in [3.8, 4) is 0 Å². The van der Waals surface area contributed by atoms with Crippen molar-refractivity contribution in [2.24, 2.45) is 11.3 Å². The van der Waals surface area contributed by atoms with E-state index in [4.69, 9.17) is 0 Å². The van der Waals surface area contributed by atoms with Gasteiger partial charge in [-0.15, -0.1) is 11.3 Å². The van der Waals surface area contributed by atoms with E-state index in [9.17, 15) is 0 Å². The number of thiophene rings is 1. The summed E-state index contributed by atoms with van der Waals surface area (Å²) >= 11 is 2.01. The van der Waals surface area contributed by atoms with Crippen LogP contribution in [0.5, 0.6) is 0 Å². The van der Waals surface area contributed by atoms with Gasteiger partial charge < -0.3 is 5.32 Å². The highest BCUT2D eigenvalue weighted by Crippen LogP contribution is 2.47. The van der Waals surface area contributed by atoms with Crippen LogP contribution < -0.4 is 5.32 Å². The molecule has 0 bridgehead atoms. The van der Waals surface area contributed by atoms with Crippen molar-refractivity contribution in [3.63, 3.8) is 0 Å². The maximum absolute atomic E-state index is 3.56. The van der Waals surface area contributed by atoms with E-state index in [1.807, 2.05) is 11.3 Å². The van der Waals surface area contributed by atoms with Gasteiger partial charge in [-0.25, -0.2) is 0 Å². The smallest absolute Gasteiger partial charge is 0.00541 e. The third kappa shape index (κ3) is 3.32. The first-order chi connectivity index (χ1) is 8.18. The van der Waals surface area contributed by atoms with Crippen LogP contribution in [0.1, 0.15) is 43.4 Å². The molecule has 1 atom stereocenters. The lowest BCUT2D eigenvalue weighted by Gasteiger charge is -2.29. The summed E-state index contributed by atoms with van der Waals surface area (Å²) in [6.45, 7) is 9.18. The van der Waals surface area contributed by atoms with Gasteiger partial charge in [-0.05, 0) is 55.7 Å². The Bertz CT molecular complexity index is 354. The van der Waals surface area contributed by atoms with Crippen LogP contribution in [-0.4, -0.2) is 13.1 Å². The lowest BCUT2D eigenvalue weighted by atomic mass is 9.81. The summed E-state index contributed by atoms with van der Waals surface area (Å²) in [5.74, 6) is 0.953. The second kappa shape index (κ2) is 5.53. The van der Waals surface area contributed by atoms with Crippen molar-refractivity contribution in [2.75, 3.05) is 13.1 Å². The Hall–Kier alpha value is -0.340. The minimum absolute atomic E-state index is 0.478. The lowest BCUT2D eigenvalue weighted by molar-refractivity contribution is 0.260. The van der Waals surface area contributed by atoms with Gasteiger partial charge in [0.25, 0.3) is 0 Å². The van der Waals surface area contributed by atoms with Crippen molar-refractivity contribution in [1.82, 2.24) is 5.32 Å². The number of aryl methyl sites for hydroxylation is 1. The molecule has 96 valence electrons. The molecule has 17 heavy (non-hydrogen) atoms. The number of hydrogen-bond acceptors (Lipinski definition) is 2. The zero-order chi connectivity index (χ0) is 12.3. The molecular weight excluding hydrogens is 226 g/mol. The van der Waals surface area contributed by atoms with Gasteiger partial charge >= 0.3 is 0 Å². The number of hydrogen-bond donors (Lipinski definition) is 1. The molecule has 0 aliphatic heterocycles. The molecule has 1 aliphatic carbocycles. The Morgan fingerprint density at radius 2 is 2.00 bits per heavy atom. The van der Waals surface area contributed by atoms with Gasteiger partial charge in [0.1, 0.15) is 0 Å². The number of rotatable bonds is 7. The summed E-state index contributed by atoms with van der Waals surface area (Å²) in [6, 6.07) is 4.65. The van der Waals surface area contributed by atoms with Crippen molar-refractivity contribution < 1.29 is 0 Å². The van der Waals surface area contributed by atoms with Gasteiger partial charge in [0.2, 0.25) is 0 Å². The van der Waals surface area contributed by atoms with Crippen LogP contribution in [0.4, 0.5) is 0 Å². The van der Waals surface area contributed by atoms with E-state index in [1.165, 1.54) is 37.1 Å². The van der Waals surface area contributed by atoms with Gasteiger partial charge in [0.05, 0.1) is 0 Å². The fraction of sp³-hybridized carbons (Fsp3) is 0.733. The minimum Gasteiger partial charge on any atom is -0.316 e. The van der Waals surface area contributed by atoms with E-state index in [-0.39, 0.29) is 0 Å². The molecule has 0 aromatic carbocycles. The summed E-state index contributed by atoms with van der Waals surface area (Å²) < 4.78 is 0. The van der Waals surface area contributed by atoms with Gasteiger partial charge in [-0.2, -0.15) is 0 Å². The molecule has 1 aliphatic rings. The molecule has 1 nitrogen and oxygen atoms in total. The normalized spacial score (nSPS) is 19.2. The topological polar surface area (TPSA) is 12.0 Å². The molecule has 0 spiro atoms. The molecule has 1 unspecified atom stereocenters. The summed E-state index contributed by atoms with van der Waals surface area (Å²) in [7, 11) is 0. The molecule has 0 saturated heterocycles. The van der Waals surface area contributed by atoms with E-state index in [2.05, 4.69) is 38.2 Å². The van der Waals surface area contributed by atoms with Crippen molar-refractivity contribution >= 4 is 11.3 Å². The second-order valence-corrected chi connectivity index (χ2v) is 6.86. The van der Waals surface area contributed by atoms with E-state index in [0.29, 0.717) is 5.41 Å². The van der Waals surface area contributed by atoms with Crippen molar-refractivity contribution in [1.29, 1.82) is 0 Å². The van der Waals surface area contributed by atoms with E-state index < -0.39 is 0 Å². The maximum Gasteiger partial charge on any atom is 0.00541 e. The molecule has 0 amide bonds. The van der Waals surface area contributed by atoms with Crippen LogP contribution in [-0.2, 0) is 12.8 Å². The molecule has 1 N–H and O–H groups in total. The molecule has 1 fully saturated rings. The largest absolute Gasteiger partial charge is 0.316 e. The van der Waals surface area contributed by atoms with Crippen molar-refractivity contribution in [2.45, 2.75) is 46.5 Å². The second-order valence-electron chi connectivity index (χ2n) is 5.61. The average Bonchev–Trinajstić information content (AvgIpc) is 3.09. The predicted octanol–water partition coefficient (Wildman–Crippen LogP) is 3.88. The summed E-state index contributed by atoms with van der Waals surface area (Å²) in [5, 5.41) is 3.56. The zero-order valence-corrected chi connectivity index (χ0v) is 12.2. The van der Waals surface area contributed by atoms with E-state index in [1.54, 1.807) is 4.88 Å². The minimum atomic E-state index is 0.478. The van der Waals surface area contributed by atoms with Crippen LogP contribution in [0.3, 0.4) is 0 Å². The van der Waals surface area contributed by atoms with Crippen LogP contribution in [0, 0.1) is 11.3 Å². The lowest BCUT2D eigenvalue weighted by Crippen LogP contribution is -2.35. The van der Waals surface area contributed by atoms with Gasteiger partial charge in [-0.3, -0.25) is 0 Å². The first-order valence-corrected chi connectivity index (χ1v) is 7.78. The van der Waals surface area contributed by atoms with Crippen molar-refractivity contribution in [3.05, 3.63) is 21.9 Å².